The highest BCUT2D eigenvalue weighted by atomic mass is 32.1. The zero-order chi connectivity index (χ0) is 20.1. The molecule has 0 saturated carbocycles. The maximum Gasteiger partial charge on any atom is 0.263 e. The van der Waals surface area contributed by atoms with E-state index in [-0.39, 0.29) is 12.0 Å². The second kappa shape index (κ2) is 9.31. The summed E-state index contributed by atoms with van der Waals surface area (Å²) in [7, 11) is 0. The number of aryl methyl sites for hydroxylation is 1. The van der Waals surface area contributed by atoms with Crippen LogP contribution in [-0.4, -0.2) is 48.1 Å². The van der Waals surface area contributed by atoms with Crippen molar-refractivity contribution in [2.45, 2.75) is 19.6 Å². The first-order valence-electron chi connectivity index (χ1n) is 9.88. The number of carbonyl (C=O) groups excluding carboxylic acids is 1. The van der Waals surface area contributed by atoms with E-state index in [1.807, 2.05) is 43.3 Å². The van der Waals surface area contributed by atoms with Gasteiger partial charge < -0.3 is 10.1 Å². The van der Waals surface area contributed by atoms with E-state index in [1.165, 1.54) is 16.9 Å². The second-order valence-electron chi connectivity index (χ2n) is 7.22. The maximum absolute atomic E-state index is 12.7. The molecule has 6 heteroatoms. The quantitative estimate of drug-likeness (QED) is 0.676. The van der Waals surface area contributed by atoms with Gasteiger partial charge in [0.05, 0.1) is 18.4 Å². The third-order valence-corrected chi connectivity index (χ3v) is 6.19. The Morgan fingerprint density at radius 3 is 2.66 bits per heavy atom. The molecular weight excluding hydrogens is 382 g/mol. The van der Waals surface area contributed by atoms with Crippen molar-refractivity contribution in [3.05, 3.63) is 76.8 Å². The molecule has 1 N–H and O–H groups in total. The van der Waals surface area contributed by atoms with Crippen molar-refractivity contribution in [3.63, 3.8) is 0 Å². The molecular formula is C23H25N3O2S. The number of amides is 1. The molecule has 1 aliphatic heterocycles. The summed E-state index contributed by atoms with van der Waals surface area (Å²) in [6.07, 6.45) is -0.00164. The first-order chi connectivity index (χ1) is 14.2. The monoisotopic (exact) mass is 407 g/mol. The van der Waals surface area contributed by atoms with Crippen LogP contribution in [0.4, 0.5) is 0 Å². The highest BCUT2D eigenvalue weighted by Gasteiger charge is 2.22. The van der Waals surface area contributed by atoms with E-state index >= 15 is 0 Å². The lowest BCUT2D eigenvalue weighted by Gasteiger charge is -2.33. The smallest absolute Gasteiger partial charge is 0.263 e. The number of nitrogens with one attached hydrogen (secondary N) is 1. The molecule has 5 nitrogen and oxygen atoms in total. The number of carbonyl (C=O) groups is 1. The molecule has 1 amide bonds. The highest BCUT2D eigenvalue weighted by Crippen LogP contribution is 2.27. The minimum atomic E-state index is -0.0778. The summed E-state index contributed by atoms with van der Waals surface area (Å²) >= 11 is 1.44. The lowest BCUT2D eigenvalue weighted by Crippen LogP contribution is -2.47. The fraction of sp³-hybridized carbons (Fsp3) is 0.304. The Labute approximate surface area is 175 Å². The van der Waals surface area contributed by atoms with Crippen molar-refractivity contribution in [3.8, 4) is 10.6 Å². The van der Waals surface area contributed by atoms with Crippen LogP contribution in [0, 0.1) is 6.92 Å². The van der Waals surface area contributed by atoms with E-state index in [1.54, 1.807) is 0 Å². The maximum atomic E-state index is 12.7. The van der Waals surface area contributed by atoms with Gasteiger partial charge in [0, 0.05) is 31.7 Å². The van der Waals surface area contributed by atoms with Crippen molar-refractivity contribution in [1.82, 2.24) is 15.2 Å². The molecule has 0 radical (unpaired) electrons. The second-order valence-corrected chi connectivity index (χ2v) is 8.22. The molecule has 1 saturated heterocycles. The van der Waals surface area contributed by atoms with Gasteiger partial charge in [0.25, 0.3) is 5.91 Å². The van der Waals surface area contributed by atoms with E-state index in [2.05, 4.69) is 39.5 Å². The van der Waals surface area contributed by atoms with Gasteiger partial charge in [-0.25, -0.2) is 4.98 Å². The van der Waals surface area contributed by atoms with Crippen LogP contribution in [0.1, 0.15) is 20.9 Å². The average Bonchev–Trinajstić information content (AvgIpc) is 3.15. The number of rotatable bonds is 6. The van der Waals surface area contributed by atoms with Crippen LogP contribution in [0.15, 0.2) is 60.7 Å². The summed E-state index contributed by atoms with van der Waals surface area (Å²) in [4.78, 5) is 20.3. The van der Waals surface area contributed by atoms with Crippen molar-refractivity contribution in [1.29, 1.82) is 0 Å². The van der Waals surface area contributed by atoms with Gasteiger partial charge in [-0.05, 0) is 12.5 Å². The molecule has 1 unspecified atom stereocenters. The molecule has 1 fully saturated rings. The Morgan fingerprint density at radius 2 is 1.90 bits per heavy atom. The molecule has 0 aliphatic carbocycles. The first kappa shape index (κ1) is 19.8. The third kappa shape index (κ3) is 5.09. The largest absolute Gasteiger partial charge is 0.374 e. The van der Waals surface area contributed by atoms with Gasteiger partial charge in [0.2, 0.25) is 0 Å². The summed E-state index contributed by atoms with van der Waals surface area (Å²) in [5, 5.41) is 3.91. The van der Waals surface area contributed by atoms with Gasteiger partial charge >= 0.3 is 0 Å². The summed E-state index contributed by atoms with van der Waals surface area (Å²) in [5.41, 5.74) is 3.10. The van der Waals surface area contributed by atoms with Crippen LogP contribution >= 0.6 is 11.3 Å². The first-order valence-corrected chi connectivity index (χ1v) is 10.7. The topological polar surface area (TPSA) is 54.5 Å². The molecule has 3 aromatic rings. The van der Waals surface area contributed by atoms with Crippen molar-refractivity contribution in [2.24, 2.45) is 0 Å². The van der Waals surface area contributed by atoms with Crippen LogP contribution in [0.3, 0.4) is 0 Å². The summed E-state index contributed by atoms with van der Waals surface area (Å²) in [6, 6.07) is 20.4. The molecule has 150 valence electrons. The van der Waals surface area contributed by atoms with Crippen LogP contribution in [0.25, 0.3) is 10.6 Å². The van der Waals surface area contributed by atoms with Crippen LogP contribution in [0.5, 0.6) is 0 Å². The molecule has 1 atom stereocenters. The number of aromatic nitrogens is 1. The Kier molecular flexibility index (Phi) is 6.34. The van der Waals surface area contributed by atoms with Gasteiger partial charge in [-0.2, -0.15) is 0 Å². The van der Waals surface area contributed by atoms with E-state index in [9.17, 15) is 4.79 Å². The number of thiazole rings is 1. The van der Waals surface area contributed by atoms with Gasteiger partial charge in [-0.15, -0.1) is 11.3 Å². The SMILES string of the molecule is Cc1nc(-c2ccccc2)sc1C(=O)NCC1CN(Cc2ccccc2)CCO1. The van der Waals surface area contributed by atoms with E-state index in [0.717, 1.165) is 35.9 Å². The number of nitrogens with zero attached hydrogens (tertiary/aromatic N) is 2. The Bertz CT molecular complexity index is 943. The zero-order valence-electron chi connectivity index (χ0n) is 16.5. The number of hydrogen-bond acceptors (Lipinski definition) is 5. The molecule has 2 heterocycles. The van der Waals surface area contributed by atoms with Crippen LogP contribution in [0.2, 0.25) is 0 Å². The van der Waals surface area contributed by atoms with Crippen molar-refractivity contribution in [2.75, 3.05) is 26.2 Å². The van der Waals surface area contributed by atoms with E-state index < -0.39 is 0 Å². The average molecular weight is 408 g/mol. The fourth-order valence-electron chi connectivity index (χ4n) is 3.49. The zero-order valence-corrected chi connectivity index (χ0v) is 17.3. The summed E-state index contributed by atoms with van der Waals surface area (Å²) in [6.45, 7) is 5.70. The fourth-order valence-corrected chi connectivity index (χ4v) is 4.48. The summed E-state index contributed by atoms with van der Waals surface area (Å²) in [5.74, 6) is -0.0778. The minimum absolute atomic E-state index is 0.00164. The molecule has 29 heavy (non-hydrogen) atoms. The lowest BCUT2D eigenvalue weighted by molar-refractivity contribution is -0.0292. The van der Waals surface area contributed by atoms with E-state index in [0.29, 0.717) is 18.0 Å². The number of ether oxygens (including phenoxy) is 1. The van der Waals surface area contributed by atoms with Crippen molar-refractivity contribution >= 4 is 17.2 Å². The molecule has 0 bridgehead atoms. The standard InChI is InChI=1S/C23H25N3O2S/c1-17-21(29-23(25-17)19-10-6-3-7-11-19)22(27)24-14-20-16-26(12-13-28-20)15-18-8-4-2-5-9-18/h2-11,20H,12-16H2,1H3,(H,24,27). The summed E-state index contributed by atoms with van der Waals surface area (Å²) < 4.78 is 5.87. The predicted molar refractivity (Wildman–Crippen MR) is 116 cm³/mol. The number of morpholine rings is 1. The van der Waals surface area contributed by atoms with Crippen LogP contribution < -0.4 is 5.32 Å². The minimum Gasteiger partial charge on any atom is -0.374 e. The third-order valence-electron chi connectivity index (χ3n) is 4.99. The molecule has 4 rings (SSSR count). The highest BCUT2D eigenvalue weighted by molar-refractivity contribution is 7.17. The Morgan fingerprint density at radius 1 is 1.17 bits per heavy atom. The normalized spacial score (nSPS) is 17.2. The Hall–Kier alpha value is -2.54. The van der Waals surface area contributed by atoms with Gasteiger partial charge in [-0.3, -0.25) is 9.69 Å². The van der Waals surface area contributed by atoms with Gasteiger partial charge in [0.1, 0.15) is 9.88 Å². The predicted octanol–water partition coefficient (Wildman–Crippen LogP) is 3.75. The Balaban J connectivity index is 1.33. The van der Waals surface area contributed by atoms with Gasteiger partial charge in [-0.1, -0.05) is 60.7 Å². The van der Waals surface area contributed by atoms with Crippen molar-refractivity contribution < 1.29 is 9.53 Å². The van der Waals surface area contributed by atoms with E-state index in [4.69, 9.17) is 4.74 Å². The molecule has 2 aromatic carbocycles. The molecule has 1 aliphatic rings. The lowest BCUT2D eigenvalue weighted by atomic mass is 10.2. The number of hydrogen-bond donors (Lipinski definition) is 1. The van der Waals surface area contributed by atoms with Crippen LogP contribution in [-0.2, 0) is 11.3 Å². The van der Waals surface area contributed by atoms with Gasteiger partial charge in [0.15, 0.2) is 0 Å². The molecule has 0 spiro atoms. The number of benzene rings is 2. The molecule has 1 aromatic heterocycles.